The van der Waals surface area contributed by atoms with Gasteiger partial charge in [-0.1, -0.05) is 29.8 Å². The van der Waals surface area contributed by atoms with E-state index in [0.717, 1.165) is 4.47 Å². The van der Waals surface area contributed by atoms with Gasteiger partial charge in [-0.15, -0.1) is 0 Å². The lowest BCUT2D eigenvalue weighted by Gasteiger charge is -2.08. The van der Waals surface area contributed by atoms with Crippen LogP contribution in [0.1, 0.15) is 19.4 Å². The van der Waals surface area contributed by atoms with Crippen LogP contribution in [0.4, 0.5) is 5.69 Å². The highest BCUT2D eigenvalue weighted by atomic mass is 79.9. The van der Waals surface area contributed by atoms with Gasteiger partial charge in [-0.05, 0) is 60.0 Å². The first-order chi connectivity index (χ1) is 14.3. The summed E-state index contributed by atoms with van der Waals surface area (Å²) in [5.74, 6) is -1.08. The summed E-state index contributed by atoms with van der Waals surface area (Å²) in [6, 6.07) is 14.0. The second kappa shape index (κ2) is 11.7. The quantitative estimate of drug-likeness (QED) is 0.310. The van der Waals surface area contributed by atoms with Crippen molar-refractivity contribution in [3.05, 3.63) is 58.6 Å². The SMILES string of the molecule is CC(C)CNC(=O)C(=O)N/N=C\c1ccc(OCC(=O)Nc2ccc(Br)cc2)cc1. The normalized spacial score (nSPS) is 10.7. The Labute approximate surface area is 183 Å². The standard InChI is InChI=1S/C21H23BrN4O4/c1-14(2)11-23-20(28)21(29)26-24-12-15-3-9-18(10-4-15)30-13-19(27)25-17-7-5-16(22)6-8-17/h3-10,12,14H,11,13H2,1-2H3,(H,23,28)(H,25,27)(H,26,29)/b24-12-. The van der Waals surface area contributed by atoms with Gasteiger partial charge >= 0.3 is 11.8 Å². The summed E-state index contributed by atoms with van der Waals surface area (Å²) in [6.45, 7) is 4.14. The number of nitrogens with one attached hydrogen (secondary N) is 3. The van der Waals surface area contributed by atoms with Gasteiger partial charge in [0, 0.05) is 16.7 Å². The van der Waals surface area contributed by atoms with Crippen LogP contribution < -0.4 is 20.8 Å². The van der Waals surface area contributed by atoms with E-state index in [-0.39, 0.29) is 18.4 Å². The van der Waals surface area contributed by atoms with Gasteiger partial charge in [0.25, 0.3) is 5.91 Å². The molecule has 0 saturated heterocycles. The smallest absolute Gasteiger partial charge is 0.329 e. The Morgan fingerprint density at radius 3 is 2.33 bits per heavy atom. The molecule has 30 heavy (non-hydrogen) atoms. The molecule has 8 nitrogen and oxygen atoms in total. The minimum absolute atomic E-state index is 0.134. The Morgan fingerprint density at radius 2 is 1.70 bits per heavy atom. The zero-order valence-corrected chi connectivity index (χ0v) is 18.2. The van der Waals surface area contributed by atoms with E-state index in [1.807, 2.05) is 26.0 Å². The minimum atomic E-state index is -0.830. The summed E-state index contributed by atoms with van der Waals surface area (Å²) in [5, 5.41) is 8.99. The highest BCUT2D eigenvalue weighted by Crippen LogP contribution is 2.14. The van der Waals surface area contributed by atoms with Crippen LogP contribution in [0.5, 0.6) is 5.75 Å². The number of hydrogen-bond acceptors (Lipinski definition) is 5. The third-order valence-electron chi connectivity index (χ3n) is 3.63. The van der Waals surface area contributed by atoms with Crippen LogP contribution in [-0.2, 0) is 14.4 Å². The number of hydrogen-bond donors (Lipinski definition) is 3. The molecule has 0 bridgehead atoms. The molecule has 0 spiro atoms. The number of nitrogens with zero attached hydrogens (tertiary/aromatic N) is 1. The van der Waals surface area contributed by atoms with E-state index in [4.69, 9.17) is 4.74 Å². The molecular formula is C21H23BrN4O4. The molecule has 3 N–H and O–H groups in total. The van der Waals surface area contributed by atoms with Gasteiger partial charge in [-0.3, -0.25) is 14.4 Å². The number of carbonyl (C=O) groups excluding carboxylic acids is 3. The summed E-state index contributed by atoms with van der Waals surface area (Å²) in [5.41, 5.74) is 3.53. The van der Waals surface area contributed by atoms with Crippen LogP contribution in [-0.4, -0.2) is 37.1 Å². The van der Waals surface area contributed by atoms with Crippen molar-refractivity contribution in [2.75, 3.05) is 18.5 Å². The number of hydrazone groups is 1. The molecule has 0 aliphatic carbocycles. The van der Waals surface area contributed by atoms with Crippen LogP contribution in [0.2, 0.25) is 0 Å². The molecule has 0 unspecified atom stereocenters. The van der Waals surface area contributed by atoms with Gasteiger partial charge in [-0.2, -0.15) is 5.10 Å². The Bertz CT molecular complexity index is 896. The Hall–Kier alpha value is -3.20. The summed E-state index contributed by atoms with van der Waals surface area (Å²) >= 11 is 3.33. The van der Waals surface area contributed by atoms with Crippen molar-refractivity contribution >= 4 is 45.6 Å². The van der Waals surface area contributed by atoms with E-state index < -0.39 is 11.8 Å². The van der Waals surface area contributed by atoms with Gasteiger partial charge in [0.1, 0.15) is 5.75 Å². The predicted molar refractivity (Wildman–Crippen MR) is 118 cm³/mol. The Kier molecular flexibility index (Phi) is 9.02. The first-order valence-electron chi connectivity index (χ1n) is 9.23. The maximum atomic E-state index is 11.9. The lowest BCUT2D eigenvalue weighted by atomic mass is 10.2. The summed E-state index contributed by atoms with van der Waals surface area (Å²) in [7, 11) is 0. The molecule has 0 aromatic heterocycles. The molecule has 0 aliphatic heterocycles. The van der Waals surface area contributed by atoms with E-state index in [2.05, 4.69) is 37.1 Å². The molecular weight excluding hydrogens is 452 g/mol. The number of carbonyl (C=O) groups is 3. The fraction of sp³-hybridized carbons (Fsp3) is 0.238. The van der Waals surface area contributed by atoms with Gasteiger partial charge in [0.15, 0.2) is 6.61 Å². The maximum absolute atomic E-state index is 11.9. The van der Waals surface area contributed by atoms with Crippen molar-refractivity contribution in [1.82, 2.24) is 10.7 Å². The Morgan fingerprint density at radius 1 is 1.03 bits per heavy atom. The number of benzene rings is 2. The predicted octanol–water partition coefficient (Wildman–Crippen LogP) is 2.69. The zero-order chi connectivity index (χ0) is 21.9. The van der Waals surface area contributed by atoms with Gasteiger partial charge < -0.3 is 15.4 Å². The second-order valence-electron chi connectivity index (χ2n) is 6.72. The fourth-order valence-corrected chi connectivity index (χ4v) is 2.39. The van der Waals surface area contributed by atoms with Gasteiger partial charge in [0.05, 0.1) is 6.21 Å². The molecule has 2 aromatic rings. The number of anilines is 1. The average molecular weight is 475 g/mol. The summed E-state index contributed by atoms with van der Waals surface area (Å²) in [6.07, 6.45) is 1.40. The second-order valence-corrected chi connectivity index (χ2v) is 7.63. The molecule has 2 rings (SSSR count). The highest BCUT2D eigenvalue weighted by molar-refractivity contribution is 9.10. The van der Waals surface area contributed by atoms with E-state index >= 15 is 0 Å². The van der Waals surface area contributed by atoms with Crippen LogP contribution >= 0.6 is 15.9 Å². The molecule has 2 aromatic carbocycles. The lowest BCUT2D eigenvalue weighted by Crippen LogP contribution is -2.39. The van der Waals surface area contributed by atoms with Crippen LogP contribution in [0.3, 0.4) is 0 Å². The highest BCUT2D eigenvalue weighted by Gasteiger charge is 2.12. The van der Waals surface area contributed by atoms with Crippen LogP contribution in [0, 0.1) is 5.92 Å². The Balaban J connectivity index is 1.75. The monoisotopic (exact) mass is 474 g/mol. The van der Waals surface area contributed by atoms with Crippen molar-refractivity contribution in [3.63, 3.8) is 0 Å². The van der Waals surface area contributed by atoms with E-state index in [0.29, 0.717) is 23.5 Å². The molecule has 0 radical (unpaired) electrons. The van der Waals surface area contributed by atoms with Gasteiger partial charge in [0.2, 0.25) is 0 Å². The lowest BCUT2D eigenvalue weighted by molar-refractivity contribution is -0.139. The molecule has 3 amide bonds. The van der Waals surface area contributed by atoms with Crippen molar-refractivity contribution < 1.29 is 19.1 Å². The van der Waals surface area contributed by atoms with Crippen LogP contribution in [0.15, 0.2) is 58.1 Å². The molecule has 0 saturated carbocycles. The molecule has 0 heterocycles. The van der Waals surface area contributed by atoms with Crippen molar-refractivity contribution in [2.45, 2.75) is 13.8 Å². The zero-order valence-electron chi connectivity index (χ0n) is 16.6. The molecule has 9 heteroatoms. The number of amides is 3. The number of ether oxygens (including phenoxy) is 1. The molecule has 0 atom stereocenters. The molecule has 0 aliphatic rings. The number of halogens is 1. The maximum Gasteiger partial charge on any atom is 0.329 e. The van der Waals surface area contributed by atoms with Gasteiger partial charge in [-0.25, -0.2) is 5.43 Å². The third-order valence-corrected chi connectivity index (χ3v) is 4.16. The largest absolute Gasteiger partial charge is 0.484 e. The average Bonchev–Trinajstić information content (AvgIpc) is 2.73. The summed E-state index contributed by atoms with van der Waals surface area (Å²) in [4.78, 5) is 35.1. The minimum Gasteiger partial charge on any atom is -0.484 e. The van der Waals surface area contributed by atoms with Crippen molar-refractivity contribution in [2.24, 2.45) is 11.0 Å². The first kappa shape index (κ1) is 23.1. The van der Waals surface area contributed by atoms with E-state index in [1.165, 1.54) is 6.21 Å². The molecule has 158 valence electrons. The van der Waals surface area contributed by atoms with E-state index in [1.54, 1.807) is 36.4 Å². The topological polar surface area (TPSA) is 109 Å². The van der Waals surface area contributed by atoms with Crippen molar-refractivity contribution in [3.8, 4) is 5.75 Å². The fourth-order valence-electron chi connectivity index (χ4n) is 2.12. The molecule has 0 fully saturated rings. The van der Waals surface area contributed by atoms with Crippen molar-refractivity contribution in [1.29, 1.82) is 0 Å². The third kappa shape index (κ3) is 8.44. The summed E-state index contributed by atoms with van der Waals surface area (Å²) < 4.78 is 6.38. The first-order valence-corrected chi connectivity index (χ1v) is 10.0. The van der Waals surface area contributed by atoms with E-state index in [9.17, 15) is 14.4 Å². The van der Waals surface area contributed by atoms with Crippen LogP contribution in [0.25, 0.3) is 0 Å². The number of rotatable bonds is 8.